The monoisotopic (exact) mass is 371 g/mol. The number of rotatable bonds is 5. The molecule has 5 nitrogen and oxygen atoms in total. The van der Waals surface area contributed by atoms with Crippen LogP contribution < -0.4 is 5.32 Å². The van der Waals surface area contributed by atoms with E-state index in [-0.39, 0.29) is 0 Å². The van der Waals surface area contributed by atoms with Gasteiger partial charge in [0.1, 0.15) is 18.2 Å². The zero-order valence-corrected chi connectivity index (χ0v) is 13.7. The third-order valence-electron chi connectivity index (χ3n) is 3.49. The molecular formula is C17H14BrN3O2. The molecule has 0 aliphatic carbocycles. The number of carbonyl (C=O) groups is 1. The molecule has 1 aromatic heterocycles. The molecule has 2 N–H and O–H groups in total. The standard InChI is InChI=1S/C17H14BrN3O2/c18-12-6-7-14-13(9-12)16(20-10-19-14)21-15(17(22)23)8-11-4-2-1-3-5-11/h1-7,9-10,15H,8H2,(H,22,23)(H,19,20,21). The summed E-state index contributed by atoms with van der Waals surface area (Å²) in [6.45, 7) is 0. The van der Waals surface area contributed by atoms with Gasteiger partial charge in [-0.15, -0.1) is 0 Å². The van der Waals surface area contributed by atoms with Crippen molar-refractivity contribution in [1.82, 2.24) is 9.97 Å². The second kappa shape index (κ2) is 6.75. The Labute approximate surface area is 141 Å². The number of hydrogen-bond donors (Lipinski definition) is 2. The Balaban J connectivity index is 1.91. The van der Waals surface area contributed by atoms with Gasteiger partial charge in [-0.3, -0.25) is 0 Å². The molecule has 1 heterocycles. The molecule has 1 unspecified atom stereocenters. The largest absolute Gasteiger partial charge is 0.480 e. The fourth-order valence-corrected chi connectivity index (χ4v) is 2.72. The lowest BCUT2D eigenvalue weighted by Crippen LogP contribution is -2.32. The van der Waals surface area contributed by atoms with Crippen molar-refractivity contribution in [2.24, 2.45) is 0 Å². The van der Waals surface area contributed by atoms with Crippen molar-refractivity contribution in [1.29, 1.82) is 0 Å². The van der Waals surface area contributed by atoms with E-state index >= 15 is 0 Å². The second-order valence-electron chi connectivity index (χ2n) is 5.11. The number of aliphatic carboxylic acids is 1. The minimum absolute atomic E-state index is 0.371. The highest BCUT2D eigenvalue weighted by molar-refractivity contribution is 9.10. The van der Waals surface area contributed by atoms with Crippen LogP contribution >= 0.6 is 15.9 Å². The number of anilines is 1. The van der Waals surface area contributed by atoms with Crippen LogP contribution in [-0.2, 0) is 11.2 Å². The SMILES string of the molecule is O=C(O)C(Cc1ccccc1)Nc1ncnc2ccc(Br)cc12. The van der Waals surface area contributed by atoms with Crippen molar-refractivity contribution in [3.8, 4) is 0 Å². The zero-order valence-electron chi connectivity index (χ0n) is 12.1. The minimum Gasteiger partial charge on any atom is -0.480 e. The fraction of sp³-hybridized carbons (Fsp3) is 0.118. The molecule has 0 aliphatic rings. The molecule has 3 rings (SSSR count). The number of carboxylic acids is 1. The molecule has 0 aliphatic heterocycles. The molecule has 0 fully saturated rings. The van der Waals surface area contributed by atoms with E-state index in [0.29, 0.717) is 12.2 Å². The number of nitrogens with one attached hydrogen (secondary N) is 1. The predicted molar refractivity (Wildman–Crippen MR) is 92.4 cm³/mol. The molecule has 0 bridgehead atoms. The third kappa shape index (κ3) is 3.65. The number of benzene rings is 2. The molecule has 0 spiro atoms. The van der Waals surface area contributed by atoms with E-state index in [1.807, 2.05) is 48.5 Å². The van der Waals surface area contributed by atoms with E-state index in [9.17, 15) is 9.90 Å². The van der Waals surface area contributed by atoms with E-state index in [2.05, 4.69) is 31.2 Å². The van der Waals surface area contributed by atoms with Crippen LogP contribution in [0.25, 0.3) is 10.9 Å². The minimum atomic E-state index is -0.921. The first-order chi connectivity index (χ1) is 11.1. The van der Waals surface area contributed by atoms with E-state index in [1.165, 1.54) is 6.33 Å². The highest BCUT2D eigenvalue weighted by Gasteiger charge is 2.19. The van der Waals surface area contributed by atoms with Crippen molar-refractivity contribution in [2.75, 3.05) is 5.32 Å². The number of nitrogens with zero attached hydrogens (tertiary/aromatic N) is 2. The maximum absolute atomic E-state index is 11.6. The van der Waals surface area contributed by atoms with E-state index < -0.39 is 12.0 Å². The van der Waals surface area contributed by atoms with Crippen LogP contribution in [0.2, 0.25) is 0 Å². The van der Waals surface area contributed by atoms with Crippen LogP contribution in [0.15, 0.2) is 59.3 Å². The average Bonchev–Trinajstić information content (AvgIpc) is 2.55. The van der Waals surface area contributed by atoms with Crippen LogP contribution in [0.4, 0.5) is 5.82 Å². The van der Waals surface area contributed by atoms with E-state index in [4.69, 9.17) is 0 Å². The Morgan fingerprint density at radius 2 is 1.96 bits per heavy atom. The summed E-state index contributed by atoms with van der Waals surface area (Å²) < 4.78 is 0.887. The average molecular weight is 372 g/mol. The number of halogens is 1. The van der Waals surface area contributed by atoms with Crippen LogP contribution in [0.5, 0.6) is 0 Å². The van der Waals surface area contributed by atoms with Gasteiger partial charge in [-0.2, -0.15) is 0 Å². The van der Waals surface area contributed by atoms with Crippen LogP contribution in [0, 0.1) is 0 Å². The molecule has 0 saturated heterocycles. The van der Waals surface area contributed by atoms with Crippen molar-refractivity contribution < 1.29 is 9.90 Å². The maximum Gasteiger partial charge on any atom is 0.326 e. The van der Waals surface area contributed by atoms with Gasteiger partial charge in [0.15, 0.2) is 0 Å². The predicted octanol–water partition coefficient (Wildman–Crippen LogP) is 3.50. The highest BCUT2D eigenvalue weighted by atomic mass is 79.9. The van der Waals surface area contributed by atoms with E-state index in [1.54, 1.807) is 0 Å². The Bertz CT molecular complexity index is 840. The Morgan fingerprint density at radius 1 is 1.17 bits per heavy atom. The lowest BCUT2D eigenvalue weighted by molar-refractivity contribution is -0.137. The molecule has 0 saturated carbocycles. The lowest BCUT2D eigenvalue weighted by Gasteiger charge is -2.16. The molecule has 116 valence electrons. The highest BCUT2D eigenvalue weighted by Crippen LogP contribution is 2.24. The molecular weight excluding hydrogens is 358 g/mol. The molecule has 6 heteroatoms. The van der Waals surface area contributed by atoms with Gasteiger partial charge < -0.3 is 10.4 Å². The summed E-state index contributed by atoms with van der Waals surface area (Å²) >= 11 is 3.42. The normalized spacial score (nSPS) is 12.0. The summed E-state index contributed by atoms with van der Waals surface area (Å²) in [6.07, 6.45) is 1.80. The first-order valence-electron chi connectivity index (χ1n) is 7.07. The first kappa shape index (κ1) is 15.4. The Morgan fingerprint density at radius 3 is 2.70 bits per heavy atom. The number of carboxylic acid groups (broad SMARTS) is 1. The molecule has 0 radical (unpaired) electrons. The van der Waals surface area contributed by atoms with Crippen LogP contribution in [0.1, 0.15) is 5.56 Å². The maximum atomic E-state index is 11.6. The smallest absolute Gasteiger partial charge is 0.326 e. The summed E-state index contributed by atoms with van der Waals surface area (Å²) in [7, 11) is 0. The van der Waals surface area contributed by atoms with Gasteiger partial charge in [-0.1, -0.05) is 46.3 Å². The Kier molecular flexibility index (Phi) is 4.52. The summed E-state index contributed by atoms with van der Waals surface area (Å²) in [4.78, 5) is 20.0. The first-order valence-corrected chi connectivity index (χ1v) is 7.86. The van der Waals surface area contributed by atoms with Gasteiger partial charge in [0, 0.05) is 16.3 Å². The van der Waals surface area contributed by atoms with E-state index in [0.717, 1.165) is 20.9 Å². The van der Waals surface area contributed by atoms with Crippen molar-refractivity contribution in [3.05, 3.63) is 64.9 Å². The number of aromatic nitrogens is 2. The Hall–Kier alpha value is -2.47. The quantitative estimate of drug-likeness (QED) is 0.717. The molecule has 1 atom stereocenters. The van der Waals surface area contributed by atoms with Crippen molar-refractivity contribution in [3.63, 3.8) is 0 Å². The van der Waals surface area contributed by atoms with Gasteiger partial charge in [-0.05, 0) is 23.8 Å². The topological polar surface area (TPSA) is 75.1 Å². The number of fused-ring (bicyclic) bond motifs is 1. The van der Waals surface area contributed by atoms with Gasteiger partial charge in [0.05, 0.1) is 5.52 Å². The van der Waals surface area contributed by atoms with Crippen molar-refractivity contribution >= 4 is 38.6 Å². The summed E-state index contributed by atoms with van der Waals surface area (Å²) in [5.41, 5.74) is 1.71. The molecule has 3 aromatic rings. The van der Waals surface area contributed by atoms with Crippen LogP contribution in [-0.4, -0.2) is 27.1 Å². The van der Waals surface area contributed by atoms with Gasteiger partial charge in [0.25, 0.3) is 0 Å². The van der Waals surface area contributed by atoms with Crippen LogP contribution in [0.3, 0.4) is 0 Å². The second-order valence-corrected chi connectivity index (χ2v) is 6.02. The molecule has 0 amide bonds. The molecule has 2 aromatic carbocycles. The summed E-state index contributed by atoms with van der Waals surface area (Å²) in [5, 5.41) is 13.3. The van der Waals surface area contributed by atoms with Gasteiger partial charge in [-0.25, -0.2) is 14.8 Å². The number of hydrogen-bond acceptors (Lipinski definition) is 4. The fourth-order valence-electron chi connectivity index (χ4n) is 2.36. The lowest BCUT2D eigenvalue weighted by atomic mass is 10.1. The molecule has 23 heavy (non-hydrogen) atoms. The summed E-state index contributed by atoms with van der Waals surface area (Å²) in [5.74, 6) is -0.407. The van der Waals surface area contributed by atoms with Crippen molar-refractivity contribution in [2.45, 2.75) is 12.5 Å². The summed E-state index contributed by atoms with van der Waals surface area (Å²) in [6, 6.07) is 14.4. The zero-order chi connectivity index (χ0) is 16.2. The van der Waals surface area contributed by atoms with Gasteiger partial charge >= 0.3 is 5.97 Å². The third-order valence-corrected chi connectivity index (χ3v) is 3.98. The van der Waals surface area contributed by atoms with Gasteiger partial charge in [0.2, 0.25) is 0 Å².